The maximum absolute atomic E-state index is 12.3. The molecule has 36 heavy (non-hydrogen) atoms. The van der Waals surface area contributed by atoms with Crippen molar-refractivity contribution in [2.75, 3.05) is 54.1 Å². The zero-order chi connectivity index (χ0) is 26.9. The average molecular weight is 639 g/mol. The van der Waals surface area contributed by atoms with Crippen LogP contribution in [0.15, 0.2) is 6.20 Å². The molecule has 3 atom stereocenters. The van der Waals surface area contributed by atoms with Gasteiger partial charge in [-0.15, -0.1) is 0 Å². The van der Waals surface area contributed by atoms with Crippen LogP contribution in [0.4, 0.5) is 4.79 Å². The molecule has 1 heterocycles. The van der Waals surface area contributed by atoms with E-state index in [1.807, 2.05) is 20.8 Å². The van der Waals surface area contributed by atoms with Crippen LogP contribution in [0, 0.1) is 11.3 Å². The Kier molecular flexibility index (Phi) is 12.9. The second-order valence-corrected chi connectivity index (χ2v) is 13.9. The molecule has 1 aliphatic carbocycles. The van der Waals surface area contributed by atoms with E-state index in [4.69, 9.17) is 19.3 Å². The summed E-state index contributed by atoms with van der Waals surface area (Å²) in [6, 6.07) is 0. The number of carbonyl (C=O) groups excluding carboxylic acids is 1. The van der Waals surface area contributed by atoms with Gasteiger partial charge in [-0.25, -0.2) is 9.25 Å². The molecule has 2 rings (SSSR count). The summed E-state index contributed by atoms with van der Waals surface area (Å²) in [5.74, 6) is 0.964. The van der Waals surface area contributed by atoms with E-state index in [0.29, 0.717) is 24.8 Å². The van der Waals surface area contributed by atoms with Crippen molar-refractivity contribution in [2.45, 2.75) is 78.4 Å². The van der Waals surface area contributed by atoms with Crippen molar-refractivity contribution in [3.8, 4) is 0 Å². The van der Waals surface area contributed by atoms with Crippen molar-refractivity contribution in [1.29, 1.82) is 0 Å². The molecule has 1 fully saturated rings. The minimum Gasteiger partial charge on any atom is -0.444 e. The number of hydrogen-bond acceptors (Lipinski definition) is 6. The number of amides is 1. The Morgan fingerprint density at radius 1 is 1.28 bits per heavy atom. The number of halogens is 1. The van der Waals surface area contributed by atoms with Crippen LogP contribution in [-0.2, 0) is 20.8 Å². The summed E-state index contributed by atoms with van der Waals surface area (Å²) in [7, 11) is 5.64. The standard InChI is InChI=1S/C26H48IN4O4P/c1-25(2,3)35-24(32)30(7)13-12-29(6)17-21-18-31(36-27)28-23(21)20-10-11-26(4,5)22(16-20)19-34-15-9-14-33-8/h18,20,22,36H,9-17,19H2,1-8H3. The van der Waals surface area contributed by atoms with Crippen molar-refractivity contribution in [2.24, 2.45) is 11.3 Å². The molecule has 1 aromatic heterocycles. The summed E-state index contributed by atoms with van der Waals surface area (Å²) in [5, 5.41) is 5.03. The van der Waals surface area contributed by atoms with Gasteiger partial charge in [0.05, 0.1) is 12.1 Å². The van der Waals surface area contributed by atoms with Gasteiger partial charge in [0.1, 0.15) is 5.60 Å². The fourth-order valence-electron chi connectivity index (χ4n) is 4.66. The van der Waals surface area contributed by atoms with E-state index in [1.54, 1.807) is 19.1 Å². The highest BCUT2D eigenvalue weighted by molar-refractivity contribution is 14.2. The van der Waals surface area contributed by atoms with Crippen molar-refractivity contribution in [3.05, 3.63) is 17.5 Å². The van der Waals surface area contributed by atoms with Crippen LogP contribution in [0.5, 0.6) is 0 Å². The van der Waals surface area contributed by atoms with Gasteiger partial charge in [0.25, 0.3) is 0 Å². The quantitative estimate of drug-likeness (QED) is 0.152. The predicted octanol–water partition coefficient (Wildman–Crippen LogP) is 5.94. The molecule has 3 unspecified atom stereocenters. The fraction of sp³-hybridized carbons (Fsp3) is 0.846. The molecule has 1 amide bonds. The number of likely N-dealkylation sites (N-methyl/N-ethyl adjacent to an activating group) is 2. The highest BCUT2D eigenvalue weighted by Crippen LogP contribution is 2.47. The van der Waals surface area contributed by atoms with Gasteiger partial charge >= 0.3 is 6.09 Å². The molecule has 0 bridgehead atoms. The first-order valence-corrected chi connectivity index (χ1v) is 17.1. The van der Waals surface area contributed by atoms with Crippen molar-refractivity contribution < 1.29 is 19.0 Å². The Morgan fingerprint density at radius 3 is 2.64 bits per heavy atom. The van der Waals surface area contributed by atoms with E-state index < -0.39 is 5.60 Å². The molecule has 0 aromatic carbocycles. The summed E-state index contributed by atoms with van der Waals surface area (Å²) in [6.07, 6.45) is 6.90. The number of methoxy groups -OCH3 is 1. The minimum absolute atomic E-state index is 0.272. The van der Waals surface area contributed by atoms with Crippen LogP contribution >= 0.6 is 28.4 Å². The van der Waals surface area contributed by atoms with Crippen LogP contribution in [-0.4, -0.2) is 85.2 Å². The predicted molar refractivity (Wildman–Crippen MR) is 156 cm³/mol. The Bertz CT molecular complexity index is 814. The zero-order valence-corrected chi connectivity index (χ0v) is 26.8. The fourth-order valence-corrected chi connectivity index (χ4v) is 5.75. The highest BCUT2D eigenvalue weighted by atomic mass is 127. The van der Waals surface area contributed by atoms with E-state index in [2.05, 4.69) is 58.5 Å². The van der Waals surface area contributed by atoms with Crippen LogP contribution in [0.1, 0.15) is 77.5 Å². The molecule has 0 aliphatic heterocycles. The number of aromatic nitrogens is 2. The monoisotopic (exact) mass is 638 g/mol. The third-order valence-electron chi connectivity index (χ3n) is 7.03. The first-order valence-electron chi connectivity index (χ1n) is 13.0. The van der Waals surface area contributed by atoms with Gasteiger partial charge in [0.2, 0.25) is 0 Å². The van der Waals surface area contributed by atoms with E-state index in [9.17, 15) is 4.79 Å². The van der Waals surface area contributed by atoms with Crippen molar-refractivity contribution in [1.82, 2.24) is 19.4 Å². The summed E-state index contributed by atoms with van der Waals surface area (Å²) >= 11 is 2.40. The highest BCUT2D eigenvalue weighted by Gasteiger charge is 2.38. The molecule has 1 saturated carbocycles. The molecular weight excluding hydrogens is 590 g/mol. The van der Waals surface area contributed by atoms with Gasteiger partial charge < -0.3 is 24.0 Å². The van der Waals surface area contributed by atoms with Crippen LogP contribution in [0.2, 0.25) is 0 Å². The topological polar surface area (TPSA) is 69.1 Å². The first-order chi connectivity index (χ1) is 16.9. The lowest BCUT2D eigenvalue weighted by atomic mass is 9.65. The van der Waals surface area contributed by atoms with Gasteiger partial charge in [-0.2, -0.15) is 5.10 Å². The molecule has 8 nitrogen and oxygen atoms in total. The van der Waals surface area contributed by atoms with Gasteiger partial charge in [0.15, 0.2) is 0 Å². The maximum Gasteiger partial charge on any atom is 0.410 e. The zero-order valence-electron chi connectivity index (χ0n) is 23.6. The largest absolute Gasteiger partial charge is 0.444 e. The maximum atomic E-state index is 12.3. The molecule has 0 radical (unpaired) electrons. The summed E-state index contributed by atoms with van der Waals surface area (Å²) in [4.78, 5) is 16.2. The molecule has 208 valence electrons. The van der Waals surface area contributed by atoms with Gasteiger partial charge in [0, 0.05) is 71.3 Å². The molecule has 0 saturated heterocycles. The molecular formula is C26H48IN4O4P. The molecule has 1 aliphatic rings. The van der Waals surface area contributed by atoms with Crippen LogP contribution < -0.4 is 0 Å². The Balaban J connectivity index is 2.00. The smallest absolute Gasteiger partial charge is 0.410 e. The third-order valence-corrected chi connectivity index (χ3v) is 8.91. The van der Waals surface area contributed by atoms with Gasteiger partial charge in [-0.3, -0.25) is 0 Å². The number of nitrogens with zero attached hydrogens (tertiary/aromatic N) is 4. The number of ether oxygens (including phenoxy) is 3. The van der Waals surface area contributed by atoms with E-state index >= 15 is 0 Å². The van der Waals surface area contributed by atoms with Gasteiger partial charge in [-0.05, 0) is 86.9 Å². The summed E-state index contributed by atoms with van der Waals surface area (Å²) < 4.78 is 18.8. The molecule has 10 heteroatoms. The van der Waals surface area contributed by atoms with Crippen LogP contribution in [0.3, 0.4) is 0 Å². The van der Waals surface area contributed by atoms with Crippen molar-refractivity contribution in [3.63, 3.8) is 0 Å². The van der Waals surface area contributed by atoms with Crippen molar-refractivity contribution >= 4 is 34.5 Å². The molecule has 1 aromatic rings. The van der Waals surface area contributed by atoms with Crippen LogP contribution in [0.25, 0.3) is 0 Å². The second kappa shape index (κ2) is 14.6. The Hall–Kier alpha value is -0.480. The average Bonchev–Trinajstić information content (AvgIpc) is 3.19. The number of carbonyl (C=O) groups is 1. The second-order valence-electron chi connectivity index (χ2n) is 11.8. The lowest BCUT2D eigenvalue weighted by molar-refractivity contribution is 0.0117. The van der Waals surface area contributed by atoms with E-state index in [-0.39, 0.29) is 11.5 Å². The SMILES string of the molecule is COCCCOCC1CC(c2nn(PI)cc2CN(C)CCN(C)C(=O)OC(C)(C)C)CCC1(C)C. The molecule has 0 spiro atoms. The Morgan fingerprint density at radius 2 is 2.00 bits per heavy atom. The number of rotatable bonds is 13. The van der Waals surface area contributed by atoms with Gasteiger partial charge in [-0.1, -0.05) is 13.8 Å². The molecule has 0 N–H and O–H groups in total. The normalized spacial score (nSPS) is 20.4. The van der Waals surface area contributed by atoms with E-state index in [1.165, 1.54) is 17.7 Å². The number of hydrogen-bond donors (Lipinski definition) is 0. The third kappa shape index (κ3) is 10.4. The first kappa shape index (κ1) is 31.7. The minimum atomic E-state index is -0.484. The summed E-state index contributed by atoms with van der Waals surface area (Å²) in [6.45, 7) is 14.9. The lowest BCUT2D eigenvalue weighted by Crippen LogP contribution is -2.38. The summed E-state index contributed by atoms with van der Waals surface area (Å²) in [5.41, 5.74) is 2.33. The Labute approximate surface area is 233 Å². The lowest BCUT2D eigenvalue weighted by Gasteiger charge is -2.42. The van der Waals surface area contributed by atoms with E-state index in [0.717, 1.165) is 52.2 Å².